The van der Waals surface area contributed by atoms with Crippen molar-refractivity contribution in [3.63, 3.8) is 0 Å². The average Bonchev–Trinajstić information content (AvgIpc) is 3.12. The van der Waals surface area contributed by atoms with E-state index < -0.39 is 10.0 Å². The summed E-state index contributed by atoms with van der Waals surface area (Å²) in [4.78, 5) is 15.1. The van der Waals surface area contributed by atoms with Crippen molar-refractivity contribution in [3.05, 3.63) is 22.4 Å². The van der Waals surface area contributed by atoms with Crippen LogP contribution in [0.1, 0.15) is 16.1 Å². The van der Waals surface area contributed by atoms with Crippen molar-refractivity contribution in [2.45, 2.75) is 12.5 Å². The van der Waals surface area contributed by atoms with Gasteiger partial charge in [-0.2, -0.15) is 0 Å². The van der Waals surface area contributed by atoms with Gasteiger partial charge in [0, 0.05) is 25.6 Å². The molecule has 1 N–H and O–H groups in total. The molecule has 1 aromatic heterocycles. The highest BCUT2D eigenvalue weighted by molar-refractivity contribution is 7.88. The number of carbonyl (C=O) groups excluding carboxylic acids is 1. The SMILES string of the molecule is CS(=O)(=O)NC[C@H]1OC[C@H]2CN(C(=O)c3cccs3)CC[C@H]21. The Morgan fingerprint density at radius 3 is 3.05 bits per heavy atom. The number of hydrogen-bond acceptors (Lipinski definition) is 5. The van der Waals surface area contributed by atoms with E-state index in [4.69, 9.17) is 4.74 Å². The van der Waals surface area contributed by atoms with Gasteiger partial charge >= 0.3 is 0 Å². The Bertz CT molecular complexity index is 629. The molecule has 3 rings (SSSR count). The zero-order valence-electron chi connectivity index (χ0n) is 12.4. The number of fused-ring (bicyclic) bond motifs is 1. The summed E-state index contributed by atoms with van der Waals surface area (Å²) in [5.41, 5.74) is 0. The van der Waals surface area contributed by atoms with Crippen LogP contribution in [0.3, 0.4) is 0 Å². The number of piperidine rings is 1. The Kier molecular flexibility index (Phi) is 4.54. The van der Waals surface area contributed by atoms with Gasteiger partial charge in [-0.25, -0.2) is 13.1 Å². The molecule has 0 saturated carbocycles. The van der Waals surface area contributed by atoms with Crippen molar-refractivity contribution in [2.75, 3.05) is 32.5 Å². The fraction of sp³-hybridized carbons (Fsp3) is 0.643. The highest BCUT2D eigenvalue weighted by atomic mass is 32.2. The van der Waals surface area contributed by atoms with Gasteiger partial charge in [-0.1, -0.05) is 6.07 Å². The van der Waals surface area contributed by atoms with Gasteiger partial charge in [0.15, 0.2) is 0 Å². The van der Waals surface area contributed by atoms with E-state index >= 15 is 0 Å². The largest absolute Gasteiger partial charge is 0.376 e. The summed E-state index contributed by atoms with van der Waals surface area (Å²) in [5.74, 6) is 0.705. The summed E-state index contributed by atoms with van der Waals surface area (Å²) in [6.07, 6.45) is 1.93. The van der Waals surface area contributed by atoms with Crippen molar-refractivity contribution < 1.29 is 17.9 Å². The van der Waals surface area contributed by atoms with Gasteiger partial charge in [0.2, 0.25) is 10.0 Å². The molecule has 3 heterocycles. The second kappa shape index (κ2) is 6.27. The minimum absolute atomic E-state index is 0.0845. The number of nitrogens with zero attached hydrogens (tertiary/aromatic N) is 1. The van der Waals surface area contributed by atoms with E-state index in [1.54, 1.807) is 0 Å². The van der Waals surface area contributed by atoms with Crippen molar-refractivity contribution in [1.82, 2.24) is 9.62 Å². The zero-order chi connectivity index (χ0) is 15.7. The molecule has 1 aromatic rings. The molecule has 6 nitrogen and oxygen atoms in total. The maximum atomic E-state index is 12.4. The first kappa shape index (κ1) is 15.9. The number of sulfonamides is 1. The lowest BCUT2D eigenvalue weighted by atomic mass is 9.84. The summed E-state index contributed by atoms with van der Waals surface area (Å²) < 4.78 is 30.7. The standard InChI is InChI=1S/C14H20N2O4S2/c1-22(18,19)15-7-12-11-4-5-16(8-10(11)9-20-12)14(17)13-3-2-6-21-13/h2-3,6,10-12,15H,4-5,7-9H2,1H3/t10-,11-,12-/m1/s1. The van der Waals surface area contributed by atoms with Gasteiger partial charge in [-0.3, -0.25) is 4.79 Å². The first-order chi connectivity index (χ1) is 10.4. The number of amides is 1. The van der Waals surface area contributed by atoms with Crippen molar-refractivity contribution in [3.8, 4) is 0 Å². The van der Waals surface area contributed by atoms with E-state index in [9.17, 15) is 13.2 Å². The molecule has 0 spiro atoms. The predicted octanol–water partition coefficient (Wildman–Crippen LogP) is 0.774. The summed E-state index contributed by atoms with van der Waals surface area (Å²) >= 11 is 1.46. The third-order valence-electron chi connectivity index (χ3n) is 4.36. The zero-order valence-corrected chi connectivity index (χ0v) is 14.0. The van der Waals surface area contributed by atoms with Gasteiger partial charge < -0.3 is 9.64 Å². The van der Waals surface area contributed by atoms with Gasteiger partial charge in [0.1, 0.15) is 0 Å². The molecule has 0 unspecified atom stereocenters. The molecule has 0 bridgehead atoms. The molecule has 22 heavy (non-hydrogen) atoms. The first-order valence-electron chi connectivity index (χ1n) is 7.33. The minimum atomic E-state index is -3.20. The first-order valence-corrected chi connectivity index (χ1v) is 10.1. The normalized spacial score (nSPS) is 28.6. The third-order valence-corrected chi connectivity index (χ3v) is 5.91. The van der Waals surface area contributed by atoms with Crippen LogP contribution in [-0.2, 0) is 14.8 Å². The van der Waals surface area contributed by atoms with Crippen LogP contribution < -0.4 is 4.72 Å². The fourth-order valence-electron chi connectivity index (χ4n) is 3.27. The Morgan fingerprint density at radius 1 is 1.55 bits per heavy atom. The number of carbonyl (C=O) groups is 1. The number of nitrogens with one attached hydrogen (secondary N) is 1. The minimum Gasteiger partial charge on any atom is -0.376 e. The van der Waals surface area contributed by atoms with Crippen LogP contribution >= 0.6 is 11.3 Å². The molecular weight excluding hydrogens is 324 g/mol. The quantitative estimate of drug-likeness (QED) is 0.876. The second-order valence-electron chi connectivity index (χ2n) is 5.93. The van der Waals surface area contributed by atoms with Gasteiger partial charge in [0.05, 0.1) is 23.8 Å². The van der Waals surface area contributed by atoms with E-state index in [1.165, 1.54) is 11.3 Å². The maximum Gasteiger partial charge on any atom is 0.263 e. The van der Waals surface area contributed by atoms with Crippen LogP contribution in [0.2, 0.25) is 0 Å². The number of hydrogen-bond donors (Lipinski definition) is 1. The average molecular weight is 344 g/mol. The Balaban J connectivity index is 1.58. The maximum absolute atomic E-state index is 12.4. The number of ether oxygens (including phenoxy) is 1. The van der Waals surface area contributed by atoms with E-state index in [2.05, 4.69) is 4.72 Å². The number of rotatable bonds is 4. The van der Waals surface area contributed by atoms with Gasteiger partial charge in [0.25, 0.3) is 5.91 Å². The van der Waals surface area contributed by atoms with Gasteiger partial charge in [-0.05, 0) is 23.8 Å². The lowest BCUT2D eigenvalue weighted by Crippen LogP contribution is -2.45. The molecule has 122 valence electrons. The summed E-state index contributed by atoms with van der Waals surface area (Å²) in [7, 11) is -3.20. The van der Waals surface area contributed by atoms with Crippen LogP contribution in [0.5, 0.6) is 0 Å². The molecule has 2 aliphatic rings. The molecule has 2 fully saturated rings. The number of likely N-dealkylation sites (tertiary alicyclic amines) is 1. The summed E-state index contributed by atoms with van der Waals surface area (Å²) in [5, 5.41) is 1.91. The smallest absolute Gasteiger partial charge is 0.263 e. The van der Waals surface area contributed by atoms with E-state index in [1.807, 2.05) is 22.4 Å². The summed E-state index contributed by atoms with van der Waals surface area (Å²) in [6.45, 7) is 2.31. The van der Waals surface area contributed by atoms with Crippen LogP contribution in [0.15, 0.2) is 17.5 Å². The molecule has 2 aliphatic heterocycles. The molecule has 2 saturated heterocycles. The molecule has 1 amide bonds. The lowest BCUT2D eigenvalue weighted by molar-refractivity contribution is 0.0621. The molecule has 8 heteroatoms. The van der Waals surface area contributed by atoms with Crippen LogP contribution in [0, 0.1) is 11.8 Å². The Hall–Kier alpha value is -0.960. The monoisotopic (exact) mass is 344 g/mol. The molecule has 0 aromatic carbocycles. The van der Waals surface area contributed by atoms with Crippen LogP contribution in [0.4, 0.5) is 0 Å². The number of thiophene rings is 1. The van der Waals surface area contributed by atoms with Crippen LogP contribution in [-0.4, -0.2) is 57.8 Å². The lowest BCUT2D eigenvalue weighted by Gasteiger charge is -2.35. The highest BCUT2D eigenvalue weighted by Gasteiger charge is 2.42. The Morgan fingerprint density at radius 2 is 2.36 bits per heavy atom. The topological polar surface area (TPSA) is 75.7 Å². The van der Waals surface area contributed by atoms with E-state index in [0.717, 1.165) is 17.6 Å². The van der Waals surface area contributed by atoms with Crippen molar-refractivity contribution in [2.24, 2.45) is 11.8 Å². The van der Waals surface area contributed by atoms with Crippen molar-refractivity contribution in [1.29, 1.82) is 0 Å². The second-order valence-corrected chi connectivity index (χ2v) is 8.71. The molecule has 3 atom stereocenters. The Labute approximate surface area is 134 Å². The third kappa shape index (κ3) is 3.51. The van der Waals surface area contributed by atoms with E-state index in [0.29, 0.717) is 38.1 Å². The summed E-state index contributed by atoms with van der Waals surface area (Å²) in [6, 6.07) is 3.74. The van der Waals surface area contributed by atoms with Crippen LogP contribution in [0.25, 0.3) is 0 Å². The van der Waals surface area contributed by atoms with Crippen molar-refractivity contribution >= 4 is 27.3 Å². The molecular formula is C14H20N2O4S2. The van der Waals surface area contributed by atoms with E-state index in [-0.39, 0.29) is 12.0 Å². The molecule has 0 radical (unpaired) electrons. The highest BCUT2D eigenvalue weighted by Crippen LogP contribution is 2.34. The fourth-order valence-corrected chi connectivity index (χ4v) is 4.43. The molecule has 0 aliphatic carbocycles. The van der Waals surface area contributed by atoms with Gasteiger partial charge in [-0.15, -0.1) is 11.3 Å². The predicted molar refractivity (Wildman–Crippen MR) is 84.4 cm³/mol.